The number of imidazole rings is 1. The van der Waals surface area contributed by atoms with Crippen LogP contribution in [-0.2, 0) is 4.79 Å². The molecular weight excluding hydrogens is 350 g/mol. The van der Waals surface area contributed by atoms with Gasteiger partial charge in [-0.05, 0) is 42.9 Å². The minimum atomic E-state index is -0.231. The summed E-state index contributed by atoms with van der Waals surface area (Å²) in [5.41, 5.74) is 1.97. The largest absolute Gasteiger partial charge is 0.326 e. The Balaban J connectivity index is 2.09. The minimum absolute atomic E-state index is 0.00847. The van der Waals surface area contributed by atoms with Crippen LogP contribution < -0.4 is 11.0 Å². The highest BCUT2D eigenvalue weighted by Gasteiger charge is 2.30. The van der Waals surface area contributed by atoms with Gasteiger partial charge < -0.3 is 15.3 Å². The fourth-order valence-electron chi connectivity index (χ4n) is 4.19. The molecule has 1 heterocycles. The zero-order chi connectivity index (χ0) is 20.5. The average Bonchev–Trinajstić information content (AvgIpc) is 3.03. The second kappa shape index (κ2) is 11.1. The lowest BCUT2D eigenvalue weighted by Crippen LogP contribution is -2.33. The summed E-state index contributed by atoms with van der Waals surface area (Å²) >= 11 is 0. The van der Waals surface area contributed by atoms with Gasteiger partial charge in [0.2, 0.25) is 5.91 Å². The van der Waals surface area contributed by atoms with Gasteiger partial charge in [0.25, 0.3) is 0 Å². The van der Waals surface area contributed by atoms with Gasteiger partial charge in [-0.1, -0.05) is 66.2 Å². The summed E-state index contributed by atoms with van der Waals surface area (Å²) in [4.78, 5) is 30.1. The highest BCUT2D eigenvalue weighted by atomic mass is 16.2. The summed E-state index contributed by atoms with van der Waals surface area (Å²) < 4.78 is 0. The van der Waals surface area contributed by atoms with Crippen molar-refractivity contribution in [2.24, 2.45) is 17.8 Å². The summed E-state index contributed by atoms with van der Waals surface area (Å²) in [6.07, 6.45) is 9.42. The highest BCUT2D eigenvalue weighted by Crippen LogP contribution is 2.30. The Morgan fingerprint density at radius 1 is 0.929 bits per heavy atom. The molecule has 0 aliphatic carbocycles. The van der Waals surface area contributed by atoms with Crippen LogP contribution >= 0.6 is 0 Å². The molecule has 1 aromatic heterocycles. The third-order valence-electron chi connectivity index (χ3n) is 5.84. The lowest BCUT2D eigenvalue weighted by molar-refractivity contribution is -0.123. The molecule has 0 saturated carbocycles. The Labute approximate surface area is 168 Å². The number of amides is 1. The van der Waals surface area contributed by atoms with Crippen molar-refractivity contribution in [2.45, 2.75) is 79.1 Å². The first-order chi connectivity index (χ1) is 13.5. The Morgan fingerprint density at radius 2 is 1.57 bits per heavy atom. The molecular formula is C23H37N3O2. The van der Waals surface area contributed by atoms with Crippen LogP contribution in [0.3, 0.4) is 0 Å². The lowest BCUT2D eigenvalue weighted by Gasteiger charge is -2.29. The Kier molecular flexibility index (Phi) is 8.81. The van der Waals surface area contributed by atoms with E-state index in [4.69, 9.17) is 0 Å². The van der Waals surface area contributed by atoms with Crippen LogP contribution in [0.5, 0.6) is 0 Å². The fraction of sp³-hybridized carbons (Fsp3) is 0.652. The average molecular weight is 388 g/mol. The number of benzene rings is 1. The number of H-pyrrole nitrogens is 2. The molecule has 3 atom stereocenters. The molecule has 1 aromatic carbocycles. The number of carbonyl (C=O) groups excluding carboxylic acids is 1. The number of hydrogen-bond donors (Lipinski definition) is 3. The molecule has 2 aromatic rings. The van der Waals surface area contributed by atoms with E-state index in [1.165, 1.54) is 25.7 Å². The number of hydrogen-bond acceptors (Lipinski definition) is 2. The van der Waals surface area contributed by atoms with Gasteiger partial charge in [0.15, 0.2) is 0 Å². The number of fused-ring (bicyclic) bond motifs is 1. The maximum Gasteiger partial charge on any atom is 0.323 e. The van der Waals surface area contributed by atoms with Gasteiger partial charge in [0, 0.05) is 11.6 Å². The first-order valence-corrected chi connectivity index (χ1v) is 11.0. The van der Waals surface area contributed by atoms with Crippen LogP contribution in [0.2, 0.25) is 0 Å². The van der Waals surface area contributed by atoms with E-state index in [2.05, 4.69) is 43.0 Å². The van der Waals surface area contributed by atoms with E-state index in [1.807, 2.05) is 18.2 Å². The molecule has 0 saturated heterocycles. The van der Waals surface area contributed by atoms with Gasteiger partial charge in [0.05, 0.1) is 11.0 Å². The second-order valence-corrected chi connectivity index (χ2v) is 8.30. The predicted octanol–water partition coefficient (Wildman–Crippen LogP) is 5.84. The van der Waals surface area contributed by atoms with Crippen molar-refractivity contribution in [3.63, 3.8) is 0 Å². The van der Waals surface area contributed by atoms with Crippen LogP contribution in [0.25, 0.3) is 11.0 Å². The van der Waals surface area contributed by atoms with Crippen LogP contribution in [0.4, 0.5) is 5.69 Å². The van der Waals surface area contributed by atoms with Crippen molar-refractivity contribution in [2.75, 3.05) is 5.32 Å². The Morgan fingerprint density at radius 3 is 2.25 bits per heavy atom. The number of carbonyl (C=O) groups is 1. The van der Waals surface area contributed by atoms with Gasteiger partial charge >= 0.3 is 5.69 Å². The molecule has 0 aliphatic rings. The molecule has 1 amide bonds. The summed E-state index contributed by atoms with van der Waals surface area (Å²) in [5, 5.41) is 3.11. The van der Waals surface area contributed by atoms with Crippen LogP contribution in [0.15, 0.2) is 23.0 Å². The minimum Gasteiger partial charge on any atom is -0.326 e. The molecule has 0 fully saturated rings. The molecule has 0 radical (unpaired) electrons. The first kappa shape index (κ1) is 22.3. The first-order valence-electron chi connectivity index (χ1n) is 11.0. The van der Waals surface area contributed by atoms with E-state index in [1.54, 1.807) is 0 Å². The van der Waals surface area contributed by atoms with E-state index < -0.39 is 0 Å². The van der Waals surface area contributed by atoms with Crippen molar-refractivity contribution >= 4 is 22.6 Å². The molecule has 0 bridgehead atoms. The standard InChI is InChI=1S/C23H37N3O2/c1-5-7-9-10-12-17(4)21(16(3)11-8-6-2)22(27)24-18-13-14-19-20(15-18)26-23(28)25-19/h13-17,21H,5-12H2,1-4H3,(H,24,27)(H2,25,26,28). The second-order valence-electron chi connectivity index (χ2n) is 8.30. The van der Waals surface area contributed by atoms with E-state index in [0.29, 0.717) is 17.4 Å². The van der Waals surface area contributed by atoms with Crippen molar-refractivity contribution in [3.8, 4) is 0 Å². The topological polar surface area (TPSA) is 77.8 Å². The molecule has 5 heteroatoms. The highest BCUT2D eigenvalue weighted by molar-refractivity contribution is 5.94. The van der Waals surface area contributed by atoms with Crippen LogP contribution in [-0.4, -0.2) is 15.9 Å². The van der Waals surface area contributed by atoms with E-state index >= 15 is 0 Å². The molecule has 156 valence electrons. The van der Waals surface area contributed by atoms with Crippen molar-refractivity contribution in [1.82, 2.24) is 9.97 Å². The SMILES string of the molecule is CCCCCCC(C)C(C(=O)Nc1ccc2[nH]c(=O)[nH]c2c1)C(C)CCCC. The van der Waals surface area contributed by atoms with E-state index in [9.17, 15) is 9.59 Å². The van der Waals surface area contributed by atoms with Gasteiger partial charge in [0.1, 0.15) is 0 Å². The van der Waals surface area contributed by atoms with Gasteiger partial charge in [-0.2, -0.15) is 0 Å². The zero-order valence-electron chi connectivity index (χ0n) is 17.9. The van der Waals surface area contributed by atoms with E-state index in [-0.39, 0.29) is 17.5 Å². The molecule has 0 aliphatic heterocycles. The Hall–Kier alpha value is -2.04. The summed E-state index contributed by atoms with van der Waals surface area (Å²) in [7, 11) is 0. The van der Waals surface area contributed by atoms with Crippen molar-refractivity contribution in [3.05, 3.63) is 28.7 Å². The van der Waals surface area contributed by atoms with Crippen LogP contribution in [0, 0.1) is 17.8 Å². The number of aromatic nitrogens is 2. The molecule has 5 nitrogen and oxygen atoms in total. The molecule has 28 heavy (non-hydrogen) atoms. The quantitative estimate of drug-likeness (QED) is 0.400. The number of rotatable bonds is 12. The number of unbranched alkanes of at least 4 members (excludes halogenated alkanes) is 4. The number of aromatic amines is 2. The predicted molar refractivity (Wildman–Crippen MR) is 118 cm³/mol. The maximum atomic E-state index is 13.2. The van der Waals surface area contributed by atoms with Crippen molar-refractivity contribution < 1.29 is 4.79 Å². The lowest BCUT2D eigenvalue weighted by atomic mass is 9.78. The summed E-state index contributed by atoms with van der Waals surface area (Å²) in [5.74, 6) is 0.828. The van der Waals surface area contributed by atoms with Crippen molar-refractivity contribution in [1.29, 1.82) is 0 Å². The summed E-state index contributed by atoms with van der Waals surface area (Å²) in [6.45, 7) is 8.87. The third-order valence-corrected chi connectivity index (χ3v) is 5.84. The fourth-order valence-corrected chi connectivity index (χ4v) is 4.19. The normalized spacial score (nSPS) is 14.7. The van der Waals surface area contributed by atoms with E-state index in [0.717, 1.165) is 36.9 Å². The Bertz CT molecular complexity index is 792. The number of nitrogens with one attached hydrogen (secondary N) is 3. The molecule has 3 N–H and O–H groups in total. The summed E-state index contributed by atoms with van der Waals surface area (Å²) in [6, 6.07) is 5.50. The molecule has 3 unspecified atom stereocenters. The molecule has 0 spiro atoms. The zero-order valence-corrected chi connectivity index (χ0v) is 17.9. The third kappa shape index (κ3) is 6.25. The van der Waals surface area contributed by atoms with Gasteiger partial charge in [-0.15, -0.1) is 0 Å². The van der Waals surface area contributed by atoms with Crippen LogP contribution in [0.1, 0.15) is 79.1 Å². The van der Waals surface area contributed by atoms with Gasteiger partial charge in [-0.25, -0.2) is 4.79 Å². The monoisotopic (exact) mass is 387 g/mol. The number of anilines is 1. The smallest absolute Gasteiger partial charge is 0.323 e. The van der Waals surface area contributed by atoms with Gasteiger partial charge in [-0.3, -0.25) is 4.79 Å². The maximum absolute atomic E-state index is 13.2. The molecule has 2 rings (SSSR count).